The van der Waals surface area contributed by atoms with Crippen molar-refractivity contribution in [2.45, 2.75) is 6.04 Å². The molecule has 0 aliphatic carbocycles. The van der Waals surface area contributed by atoms with E-state index in [9.17, 15) is 9.59 Å². The summed E-state index contributed by atoms with van der Waals surface area (Å²) in [5.41, 5.74) is 3.45. The summed E-state index contributed by atoms with van der Waals surface area (Å²) in [4.78, 5) is 24.2. The molecule has 27 heavy (non-hydrogen) atoms. The van der Waals surface area contributed by atoms with Crippen LogP contribution in [0.5, 0.6) is 11.5 Å². The Hall–Kier alpha value is -3.68. The summed E-state index contributed by atoms with van der Waals surface area (Å²) in [7, 11) is 3.05. The number of amides is 4. The maximum atomic E-state index is 12.2. The number of nitrogens with one attached hydrogen (secondary N) is 4. The van der Waals surface area contributed by atoms with Gasteiger partial charge in [-0.1, -0.05) is 18.2 Å². The summed E-state index contributed by atoms with van der Waals surface area (Å²) in [6, 6.07) is 9.99. The van der Waals surface area contributed by atoms with Gasteiger partial charge >= 0.3 is 12.1 Å². The highest BCUT2D eigenvalue weighted by Gasteiger charge is 2.28. The van der Waals surface area contributed by atoms with Crippen molar-refractivity contribution >= 4 is 29.1 Å². The van der Waals surface area contributed by atoms with Crippen molar-refractivity contribution in [2.24, 2.45) is 0 Å². The topological polar surface area (TPSA) is 101 Å². The number of para-hydroxylation sites is 1. The highest BCUT2D eigenvalue weighted by atomic mass is 16.5. The second-order valence-corrected chi connectivity index (χ2v) is 6.05. The van der Waals surface area contributed by atoms with Crippen molar-refractivity contribution in [3.8, 4) is 11.5 Å². The third kappa shape index (κ3) is 2.91. The molecule has 138 valence electrons. The molecule has 8 heteroatoms. The van der Waals surface area contributed by atoms with E-state index in [2.05, 4.69) is 21.3 Å². The molecular weight excluding hydrogens is 348 g/mol. The maximum absolute atomic E-state index is 12.2. The Bertz CT molecular complexity index is 970. The molecule has 1 unspecified atom stereocenters. The third-order valence-electron chi connectivity index (χ3n) is 4.49. The lowest BCUT2D eigenvalue weighted by atomic mass is 9.98. The summed E-state index contributed by atoms with van der Waals surface area (Å²) in [5, 5.41) is 11.2. The van der Waals surface area contributed by atoms with Crippen LogP contribution in [0.3, 0.4) is 0 Å². The Balaban J connectivity index is 1.82. The number of hydrogen-bond donors (Lipinski definition) is 4. The second-order valence-electron chi connectivity index (χ2n) is 6.05. The van der Waals surface area contributed by atoms with Gasteiger partial charge in [-0.2, -0.15) is 0 Å². The molecule has 2 aliphatic heterocycles. The van der Waals surface area contributed by atoms with Crippen LogP contribution in [0.1, 0.15) is 17.2 Å². The molecule has 0 aromatic heterocycles. The summed E-state index contributed by atoms with van der Waals surface area (Å²) >= 11 is 0. The first kappa shape index (κ1) is 16.8. The number of ether oxygens (including phenoxy) is 2. The average molecular weight is 366 g/mol. The first-order valence-corrected chi connectivity index (χ1v) is 8.32. The minimum absolute atomic E-state index is 0.302. The van der Waals surface area contributed by atoms with Gasteiger partial charge in [-0.15, -0.1) is 0 Å². The van der Waals surface area contributed by atoms with Crippen molar-refractivity contribution in [1.82, 2.24) is 10.6 Å². The van der Waals surface area contributed by atoms with E-state index in [-0.39, 0.29) is 6.03 Å². The summed E-state index contributed by atoms with van der Waals surface area (Å²) in [5.74, 6) is 0.948. The number of fused-ring (bicyclic) bond motifs is 2. The Morgan fingerprint density at radius 1 is 0.926 bits per heavy atom. The van der Waals surface area contributed by atoms with Gasteiger partial charge in [-0.05, 0) is 24.3 Å². The Kier molecular flexibility index (Phi) is 4.08. The molecule has 0 spiro atoms. The fourth-order valence-electron chi connectivity index (χ4n) is 3.30. The van der Waals surface area contributed by atoms with Gasteiger partial charge in [-0.3, -0.25) is 0 Å². The van der Waals surface area contributed by atoms with Crippen molar-refractivity contribution in [3.05, 3.63) is 53.6 Å². The van der Waals surface area contributed by atoms with Gasteiger partial charge in [-0.25, -0.2) is 9.59 Å². The minimum atomic E-state index is -0.399. The maximum Gasteiger partial charge on any atom is 0.323 e. The standard InChI is InChI=1S/C19H18N4O4/c1-26-15-8-7-11-14(22-19(25)23-16(11)17(15)27-2)9-13-10-5-3-4-6-12(10)20-18(24)21-13/h3-9,13H,1-2H3,(H2,20,21,24)(H2,22,23,25)/b14-9-. The number of carbonyl (C=O) groups is 2. The first-order valence-electron chi connectivity index (χ1n) is 8.32. The zero-order chi connectivity index (χ0) is 19.0. The third-order valence-corrected chi connectivity index (χ3v) is 4.49. The number of rotatable bonds is 3. The van der Waals surface area contributed by atoms with Crippen LogP contribution in [-0.2, 0) is 0 Å². The van der Waals surface area contributed by atoms with Gasteiger partial charge < -0.3 is 30.7 Å². The lowest BCUT2D eigenvalue weighted by Crippen LogP contribution is -2.38. The number of hydrogen-bond acceptors (Lipinski definition) is 4. The monoisotopic (exact) mass is 366 g/mol. The van der Waals surface area contributed by atoms with E-state index in [1.165, 1.54) is 14.2 Å². The number of carbonyl (C=O) groups excluding carboxylic acids is 2. The molecule has 1 atom stereocenters. The van der Waals surface area contributed by atoms with E-state index in [0.29, 0.717) is 22.9 Å². The predicted octanol–water partition coefficient (Wildman–Crippen LogP) is 3.06. The quantitative estimate of drug-likeness (QED) is 0.671. The fourth-order valence-corrected chi connectivity index (χ4v) is 3.30. The van der Waals surface area contributed by atoms with Gasteiger partial charge in [0.1, 0.15) is 0 Å². The molecule has 0 saturated carbocycles. The lowest BCUT2D eigenvalue weighted by Gasteiger charge is -2.28. The van der Waals surface area contributed by atoms with Crippen LogP contribution < -0.4 is 30.7 Å². The second kappa shape index (κ2) is 6.56. The van der Waals surface area contributed by atoms with Crippen molar-refractivity contribution in [1.29, 1.82) is 0 Å². The molecular formula is C19H18N4O4. The number of methoxy groups -OCH3 is 2. The van der Waals surface area contributed by atoms with Gasteiger partial charge in [0.25, 0.3) is 0 Å². The number of urea groups is 2. The molecule has 4 N–H and O–H groups in total. The van der Waals surface area contributed by atoms with E-state index >= 15 is 0 Å². The van der Waals surface area contributed by atoms with Crippen molar-refractivity contribution in [3.63, 3.8) is 0 Å². The number of benzene rings is 2. The van der Waals surface area contributed by atoms with Crippen LogP contribution in [0.15, 0.2) is 42.5 Å². The highest BCUT2D eigenvalue weighted by Crippen LogP contribution is 2.42. The number of anilines is 2. The lowest BCUT2D eigenvalue weighted by molar-refractivity contribution is 0.249. The van der Waals surface area contributed by atoms with Crippen LogP contribution >= 0.6 is 0 Å². The van der Waals surface area contributed by atoms with Crippen molar-refractivity contribution in [2.75, 3.05) is 24.9 Å². The summed E-state index contributed by atoms with van der Waals surface area (Å²) in [6.45, 7) is 0. The van der Waals surface area contributed by atoms with Gasteiger partial charge in [0, 0.05) is 16.8 Å². The average Bonchev–Trinajstić information content (AvgIpc) is 2.66. The zero-order valence-electron chi connectivity index (χ0n) is 14.8. The normalized spacial score (nSPS) is 19.0. The minimum Gasteiger partial charge on any atom is -0.493 e. The highest BCUT2D eigenvalue weighted by molar-refractivity contribution is 6.05. The van der Waals surface area contributed by atoms with E-state index < -0.39 is 12.1 Å². The molecule has 2 heterocycles. The molecule has 2 aliphatic rings. The van der Waals surface area contributed by atoms with E-state index in [0.717, 1.165) is 16.8 Å². The van der Waals surface area contributed by atoms with Crippen LogP contribution in [0.4, 0.5) is 21.0 Å². The molecule has 0 saturated heterocycles. The van der Waals surface area contributed by atoms with Crippen LogP contribution in [-0.4, -0.2) is 26.3 Å². The van der Waals surface area contributed by atoms with Crippen LogP contribution in [0, 0.1) is 0 Å². The molecule has 8 nitrogen and oxygen atoms in total. The van der Waals surface area contributed by atoms with Gasteiger partial charge in [0.05, 0.1) is 31.6 Å². The Morgan fingerprint density at radius 2 is 1.74 bits per heavy atom. The molecule has 0 radical (unpaired) electrons. The summed E-state index contributed by atoms with van der Waals surface area (Å²) < 4.78 is 10.7. The van der Waals surface area contributed by atoms with Gasteiger partial charge in [0.2, 0.25) is 0 Å². The predicted molar refractivity (Wildman–Crippen MR) is 101 cm³/mol. The Morgan fingerprint density at radius 3 is 2.52 bits per heavy atom. The molecule has 2 aromatic carbocycles. The SMILES string of the molecule is COc1ccc2c(c1OC)NC(=O)N/C2=C\C1NC(=O)Nc2ccccc21. The molecule has 2 aromatic rings. The first-order chi connectivity index (χ1) is 13.1. The van der Waals surface area contributed by atoms with Gasteiger partial charge in [0.15, 0.2) is 11.5 Å². The van der Waals surface area contributed by atoms with E-state index in [1.54, 1.807) is 12.1 Å². The van der Waals surface area contributed by atoms with Crippen LogP contribution in [0.25, 0.3) is 5.70 Å². The van der Waals surface area contributed by atoms with Crippen molar-refractivity contribution < 1.29 is 19.1 Å². The molecule has 4 rings (SSSR count). The van der Waals surface area contributed by atoms with E-state index in [4.69, 9.17) is 9.47 Å². The zero-order valence-corrected chi connectivity index (χ0v) is 14.8. The summed E-state index contributed by atoms with van der Waals surface area (Å²) in [6.07, 6.45) is 1.81. The smallest absolute Gasteiger partial charge is 0.323 e. The largest absolute Gasteiger partial charge is 0.493 e. The molecule has 0 fully saturated rings. The van der Waals surface area contributed by atoms with E-state index in [1.807, 2.05) is 30.3 Å². The molecule has 4 amide bonds. The van der Waals surface area contributed by atoms with Crippen LogP contribution in [0.2, 0.25) is 0 Å². The fraction of sp³-hybridized carbons (Fsp3) is 0.158. The molecule has 0 bridgehead atoms. The Labute approximate surface area is 155 Å².